The van der Waals surface area contributed by atoms with Crippen LogP contribution in [0.5, 0.6) is 11.6 Å². The minimum Gasteiger partial charge on any atom is -0.494 e. The molecule has 2 N–H and O–H groups in total. The maximum atomic E-state index is 12.8. The van der Waals surface area contributed by atoms with Gasteiger partial charge in [0.1, 0.15) is 5.56 Å². The Labute approximate surface area is 194 Å². The van der Waals surface area contributed by atoms with Crippen molar-refractivity contribution in [2.45, 2.75) is 33.5 Å². The molecule has 0 saturated heterocycles. The van der Waals surface area contributed by atoms with Gasteiger partial charge in [-0.2, -0.15) is 0 Å². The van der Waals surface area contributed by atoms with Gasteiger partial charge >= 0.3 is 11.7 Å². The normalized spacial score (nSPS) is 12.2. The molecule has 1 aromatic heterocycles. The fourth-order valence-electron chi connectivity index (χ4n) is 3.77. The van der Waals surface area contributed by atoms with Crippen molar-refractivity contribution in [2.75, 3.05) is 4.90 Å². The molecule has 2 heterocycles. The molecule has 0 atom stereocenters. The van der Waals surface area contributed by atoms with Gasteiger partial charge in [0.2, 0.25) is 11.8 Å². The number of hydrogen-bond acceptors (Lipinski definition) is 6. The average Bonchev–Trinajstić information content (AvgIpc) is 3.17. The Balaban J connectivity index is 1.80. The maximum absolute atomic E-state index is 12.8. The number of para-hydroxylation sites is 2. The van der Waals surface area contributed by atoms with E-state index >= 15 is 0 Å². The quantitative estimate of drug-likeness (QED) is 0.543. The van der Waals surface area contributed by atoms with E-state index in [1.807, 2.05) is 23.1 Å². The van der Waals surface area contributed by atoms with Crippen LogP contribution in [0, 0.1) is 0 Å². The molecule has 9 heteroatoms. The minimum atomic E-state index is -1.00. The third-order valence-corrected chi connectivity index (χ3v) is 5.56. The van der Waals surface area contributed by atoms with E-state index in [0.717, 1.165) is 20.4 Å². The average molecular weight is 461 g/mol. The highest BCUT2D eigenvalue weighted by Gasteiger charge is 2.26. The van der Waals surface area contributed by atoms with Crippen LogP contribution in [0.15, 0.2) is 69.7 Å². The molecule has 4 rings (SSSR count). The molecule has 34 heavy (non-hydrogen) atoms. The number of carboxylic acids is 1. The molecule has 0 saturated carbocycles. The molecule has 9 nitrogen and oxygen atoms in total. The molecule has 0 aliphatic carbocycles. The zero-order chi connectivity index (χ0) is 24.4. The third-order valence-electron chi connectivity index (χ3n) is 5.56. The minimum absolute atomic E-state index is 0.0684. The number of fused-ring (bicyclic) bond motifs is 1. The number of aromatic carboxylic acids is 1. The van der Waals surface area contributed by atoms with Gasteiger partial charge in [-0.15, -0.1) is 0 Å². The molecule has 1 aliphatic rings. The van der Waals surface area contributed by atoms with Crippen molar-refractivity contribution in [1.82, 2.24) is 9.13 Å². The van der Waals surface area contributed by atoms with Gasteiger partial charge in [-0.05, 0) is 43.7 Å². The van der Waals surface area contributed by atoms with Crippen LogP contribution in [0.3, 0.4) is 0 Å². The summed E-state index contributed by atoms with van der Waals surface area (Å²) in [7, 11) is 0. The molecule has 2 aromatic carbocycles. The first kappa shape index (κ1) is 22.7. The van der Waals surface area contributed by atoms with Crippen LogP contribution < -0.4 is 20.9 Å². The van der Waals surface area contributed by atoms with Gasteiger partial charge in [-0.1, -0.05) is 30.0 Å². The molecule has 0 radical (unpaired) electrons. The SMILES string of the molecule is CCn1c(O)c(C=C=C2Oc3ccccc3N2Cc2ccc(C(=O)O)cc2)c(=O)n(CC)c1=O. The molecule has 0 fully saturated rings. The Morgan fingerprint density at radius 2 is 1.71 bits per heavy atom. The molecule has 0 unspecified atom stereocenters. The lowest BCUT2D eigenvalue weighted by Crippen LogP contribution is -2.40. The van der Waals surface area contributed by atoms with Gasteiger partial charge in [0.15, 0.2) is 5.75 Å². The third kappa shape index (κ3) is 4.00. The molecule has 174 valence electrons. The van der Waals surface area contributed by atoms with Crippen LogP contribution in [-0.2, 0) is 19.6 Å². The van der Waals surface area contributed by atoms with Crippen LogP contribution in [0.4, 0.5) is 5.69 Å². The van der Waals surface area contributed by atoms with Crippen LogP contribution >= 0.6 is 0 Å². The molecule has 0 amide bonds. The summed E-state index contributed by atoms with van der Waals surface area (Å²) in [5.41, 5.74) is 3.49. The summed E-state index contributed by atoms with van der Waals surface area (Å²) in [5, 5.41) is 19.7. The summed E-state index contributed by atoms with van der Waals surface area (Å²) >= 11 is 0. The number of aromatic nitrogens is 2. The summed E-state index contributed by atoms with van der Waals surface area (Å²) in [6.07, 6.45) is 1.32. The van der Waals surface area contributed by atoms with Crippen LogP contribution in [0.2, 0.25) is 0 Å². The summed E-state index contributed by atoms with van der Waals surface area (Å²) in [6.45, 7) is 4.09. The Morgan fingerprint density at radius 1 is 1.03 bits per heavy atom. The van der Waals surface area contributed by atoms with E-state index in [2.05, 4.69) is 5.73 Å². The van der Waals surface area contributed by atoms with Gasteiger partial charge < -0.3 is 14.9 Å². The van der Waals surface area contributed by atoms with Crippen molar-refractivity contribution in [2.24, 2.45) is 0 Å². The molecular weight excluding hydrogens is 438 g/mol. The number of aromatic hydroxyl groups is 1. The van der Waals surface area contributed by atoms with Crippen LogP contribution in [0.25, 0.3) is 6.08 Å². The van der Waals surface area contributed by atoms with E-state index in [-0.39, 0.29) is 24.2 Å². The number of carbonyl (C=O) groups is 1. The Bertz CT molecular complexity index is 1440. The zero-order valence-corrected chi connectivity index (χ0v) is 18.7. The first-order valence-corrected chi connectivity index (χ1v) is 10.8. The van der Waals surface area contributed by atoms with Crippen LogP contribution in [-0.4, -0.2) is 25.3 Å². The molecule has 0 spiro atoms. The van der Waals surface area contributed by atoms with Gasteiger partial charge in [0, 0.05) is 19.2 Å². The molecule has 1 aliphatic heterocycles. The van der Waals surface area contributed by atoms with E-state index in [1.165, 1.54) is 18.2 Å². The number of ether oxygens (including phenoxy) is 1. The lowest BCUT2D eigenvalue weighted by Gasteiger charge is -2.17. The van der Waals surface area contributed by atoms with Crippen molar-refractivity contribution in [3.8, 4) is 11.6 Å². The summed E-state index contributed by atoms with van der Waals surface area (Å²) < 4.78 is 8.11. The van der Waals surface area contributed by atoms with Crippen molar-refractivity contribution in [1.29, 1.82) is 0 Å². The summed E-state index contributed by atoms with van der Waals surface area (Å²) in [4.78, 5) is 38.2. The van der Waals surface area contributed by atoms with Crippen molar-refractivity contribution in [3.05, 3.63) is 97.7 Å². The molecular formula is C25H23N3O6. The highest BCUT2D eigenvalue weighted by Crippen LogP contribution is 2.39. The van der Waals surface area contributed by atoms with E-state index in [9.17, 15) is 19.5 Å². The fraction of sp³-hybridized carbons (Fsp3) is 0.200. The van der Waals surface area contributed by atoms with E-state index < -0.39 is 23.1 Å². The number of rotatable bonds is 6. The standard InChI is InChI=1S/C25H23N3O6/c1-3-26-22(29)18(23(30)27(4-2)25(26)33)13-14-21-28(19-7-5-6-8-20(19)34-21)15-16-9-11-17(12-10-16)24(31)32/h5-13,29H,3-4,15H2,1-2H3,(H,31,32). The number of nitrogens with zero attached hydrogens (tertiary/aromatic N) is 3. The first-order valence-electron chi connectivity index (χ1n) is 10.8. The fourth-order valence-corrected chi connectivity index (χ4v) is 3.77. The molecule has 3 aromatic rings. The monoisotopic (exact) mass is 461 g/mol. The van der Waals surface area contributed by atoms with Gasteiger partial charge in [0.05, 0.1) is 17.8 Å². The second-order valence-corrected chi connectivity index (χ2v) is 7.57. The zero-order valence-electron chi connectivity index (χ0n) is 18.7. The Morgan fingerprint density at radius 3 is 2.35 bits per heavy atom. The number of benzene rings is 2. The smallest absolute Gasteiger partial charge is 0.335 e. The first-order chi connectivity index (χ1) is 16.3. The highest BCUT2D eigenvalue weighted by molar-refractivity contribution is 5.87. The van der Waals surface area contributed by atoms with Gasteiger partial charge in [0.25, 0.3) is 5.56 Å². The van der Waals surface area contributed by atoms with Gasteiger partial charge in [-0.3, -0.25) is 18.8 Å². The summed E-state index contributed by atoms with van der Waals surface area (Å²) in [6, 6.07) is 13.8. The largest absolute Gasteiger partial charge is 0.494 e. The Kier molecular flexibility index (Phi) is 6.12. The van der Waals surface area contributed by atoms with Gasteiger partial charge in [-0.25, -0.2) is 9.59 Å². The van der Waals surface area contributed by atoms with Crippen molar-refractivity contribution >= 4 is 17.7 Å². The second kappa shape index (κ2) is 9.17. The predicted octanol–water partition coefficient (Wildman–Crippen LogP) is 3.01. The van der Waals surface area contributed by atoms with Crippen molar-refractivity contribution in [3.63, 3.8) is 0 Å². The van der Waals surface area contributed by atoms with Crippen LogP contribution in [0.1, 0.15) is 35.3 Å². The predicted molar refractivity (Wildman–Crippen MR) is 126 cm³/mol. The van der Waals surface area contributed by atoms with E-state index in [1.54, 1.807) is 32.0 Å². The highest BCUT2D eigenvalue weighted by atomic mass is 16.5. The topological polar surface area (TPSA) is 114 Å². The lowest BCUT2D eigenvalue weighted by atomic mass is 10.1. The summed E-state index contributed by atoms with van der Waals surface area (Å²) in [5.74, 6) is -0.550. The molecule has 0 bridgehead atoms. The van der Waals surface area contributed by atoms with Crippen molar-refractivity contribution < 1.29 is 19.7 Å². The van der Waals surface area contributed by atoms with E-state index in [4.69, 9.17) is 9.84 Å². The number of anilines is 1. The van der Waals surface area contributed by atoms with E-state index in [0.29, 0.717) is 18.2 Å². The second-order valence-electron chi connectivity index (χ2n) is 7.57. The number of carboxylic acid groups (broad SMARTS) is 1. The lowest BCUT2D eigenvalue weighted by molar-refractivity contribution is 0.0697. The number of hydrogen-bond donors (Lipinski definition) is 2. The maximum Gasteiger partial charge on any atom is 0.335 e. The Hall–Kier alpha value is -4.49.